The molecule has 0 aliphatic carbocycles. The van der Waals surface area contributed by atoms with Gasteiger partial charge in [-0.3, -0.25) is 10.0 Å². The maximum atomic E-state index is 12.3. The average molecular weight is 412 g/mol. The molecule has 8 nitrogen and oxygen atoms in total. The number of aliphatic hydroxyl groups excluding tert-OH is 2. The minimum Gasteiger partial charge on any atom is -0.388 e. The SMILES string of the molecule is Cc1ccc(-c2ccc(CO[C@](C)(C(=O)NO)[C@@H](O)c3cc(CO)on3)cc2)cc1. The van der Waals surface area contributed by atoms with Crippen LogP contribution in [-0.4, -0.2) is 32.1 Å². The zero-order valence-corrected chi connectivity index (χ0v) is 16.7. The molecule has 0 radical (unpaired) electrons. The number of rotatable bonds is 8. The van der Waals surface area contributed by atoms with E-state index in [-0.39, 0.29) is 18.1 Å². The highest BCUT2D eigenvalue weighted by atomic mass is 16.5. The molecule has 0 aliphatic rings. The van der Waals surface area contributed by atoms with Crippen molar-refractivity contribution in [2.24, 2.45) is 0 Å². The number of hydrogen-bond donors (Lipinski definition) is 4. The summed E-state index contributed by atoms with van der Waals surface area (Å²) in [7, 11) is 0. The Morgan fingerprint density at radius 3 is 2.30 bits per heavy atom. The first-order valence-electron chi connectivity index (χ1n) is 9.36. The number of nitrogens with zero attached hydrogens (tertiary/aromatic N) is 1. The lowest BCUT2D eigenvalue weighted by molar-refractivity contribution is -0.174. The van der Waals surface area contributed by atoms with Crippen molar-refractivity contribution in [3.63, 3.8) is 0 Å². The molecule has 1 amide bonds. The molecule has 1 heterocycles. The number of carbonyl (C=O) groups excluding carboxylic acids is 1. The second-order valence-electron chi connectivity index (χ2n) is 7.18. The molecule has 1 aromatic heterocycles. The molecule has 2 aromatic carbocycles. The lowest BCUT2D eigenvalue weighted by atomic mass is 9.95. The molecule has 3 rings (SSSR count). The van der Waals surface area contributed by atoms with E-state index < -0.39 is 24.2 Å². The molecule has 0 bridgehead atoms. The molecule has 158 valence electrons. The summed E-state index contributed by atoms with van der Waals surface area (Å²) in [5, 5.41) is 32.5. The predicted octanol–water partition coefficient (Wildman–Crippen LogP) is 2.66. The van der Waals surface area contributed by atoms with Crippen molar-refractivity contribution >= 4 is 5.91 Å². The van der Waals surface area contributed by atoms with Crippen LogP contribution < -0.4 is 5.48 Å². The van der Waals surface area contributed by atoms with Crippen molar-refractivity contribution in [3.8, 4) is 11.1 Å². The Bertz CT molecular complexity index is 984. The normalized spacial score (nSPS) is 14.2. The molecule has 3 aromatic rings. The van der Waals surface area contributed by atoms with Crippen molar-refractivity contribution < 1.29 is 29.5 Å². The molecule has 0 saturated carbocycles. The molecule has 2 atom stereocenters. The molecule has 0 spiro atoms. The van der Waals surface area contributed by atoms with Gasteiger partial charge in [0.05, 0.1) is 6.61 Å². The monoisotopic (exact) mass is 412 g/mol. The van der Waals surface area contributed by atoms with E-state index in [4.69, 9.17) is 19.6 Å². The highest BCUT2D eigenvalue weighted by molar-refractivity contribution is 5.84. The van der Waals surface area contributed by atoms with Gasteiger partial charge in [0.1, 0.15) is 18.4 Å². The Labute approximate surface area is 173 Å². The van der Waals surface area contributed by atoms with E-state index in [1.54, 1.807) is 0 Å². The van der Waals surface area contributed by atoms with Crippen LogP contribution in [0.5, 0.6) is 0 Å². The number of nitrogens with one attached hydrogen (secondary N) is 1. The lowest BCUT2D eigenvalue weighted by Crippen LogP contribution is -2.50. The maximum Gasteiger partial charge on any atom is 0.278 e. The summed E-state index contributed by atoms with van der Waals surface area (Å²) in [6, 6.07) is 17.1. The third kappa shape index (κ3) is 4.58. The molecule has 30 heavy (non-hydrogen) atoms. The van der Waals surface area contributed by atoms with E-state index in [0.29, 0.717) is 0 Å². The summed E-state index contributed by atoms with van der Waals surface area (Å²) in [6.45, 7) is 2.95. The molecule has 8 heteroatoms. The van der Waals surface area contributed by atoms with Gasteiger partial charge in [0.15, 0.2) is 11.4 Å². The van der Waals surface area contributed by atoms with Gasteiger partial charge >= 0.3 is 0 Å². The summed E-state index contributed by atoms with van der Waals surface area (Å²) in [6.07, 6.45) is -1.54. The summed E-state index contributed by atoms with van der Waals surface area (Å²) in [4.78, 5) is 12.3. The molecular weight excluding hydrogens is 388 g/mol. The van der Waals surface area contributed by atoms with Crippen molar-refractivity contribution in [2.45, 2.75) is 38.8 Å². The van der Waals surface area contributed by atoms with Gasteiger partial charge in [0.25, 0.3) is 5.91 Å². The van der Waals surface area contributed by atoms with Crippen LogP contribution in [0.15, 0.2) is 59.1 Å². The topological polar surface area (TPSA) is 125 Å². The number of amides is 1. The van der Waals surface area contributed by atoms with E-state index >= 15 is 0 Å². The van der Waals surface area contributed by atoms with Crippen LogP contribution in [0.4, 0.5) is 0 Å². The first kappa shape index (κ1) is 21.7. The minimum atomic E-state index is -1.85. The number of carbonyl (C=O) groups is 1. The van der Waals surface area contributed by atoms with Crippen LogP contribution in [0.2, 0.25) is 0 Å². The summed E-state index contributed by atoms with van der Waals surface area (Å²) < 4.78 is 10.6. The standard InChI is InChI=1S/C22H24N2O6/c1-14-3-7-16(8-4-14)17-9-5-15(6-10-17)13-29-22(2,21(27)23-28)20(26)19-11-18(12-25)30-24-19/h3-11,20,25-26,28H,12-13H2,1-2H3,(H,23,27)/t20-,22-/m0/s1. The van der Waals surface area contributed by atoms with E-state index in [1.807, 2.05) is 55.5 Å². The van der Waals surface area contributed by atoms with Crippen LogP contribution in [0.1, 0.15) is 35.6 Å². The Balaban J connectivity index is 1.75. The summed E-state index contributed by atoms with van der Waals surface area (Å²) in [5.41, 5.74) is 3.73. The van der Waals surface area contributed by atoms with Gasteiger partial charge in [0.2, 0.25) is 0 Å². The number of hydroxylamine groups is 1. The number of hydrogen-bond acceptors (Lipinski definition) is 7. The number of ether oxygens (including phenoxy) is 1. The van der Waals surface area contributed by atoms with Gasteiger partial charge in [-0.25, -0.2) is 5.48 Å². The number of aromatic nitrogens is 1. The third-order valence-corrected chi connectivity index (χ3v) is 4.96. The number of aliphatic hydroxyl groups is 2. The van der Waals surface area contributed by atoms with Crippen LogP contribution in [0.25, 0.3) is 11.1 Å². The largest absolute Gasteiger partial charge is 0.388 e. The van der Waals surface area contributed by atoms with Crippen molar-refractivity contribution in [2.75, 3.05) is 0 Å². The highest BCUT2D eigenvalue weighted by Crippen LogP contribution is 2.31. The number of benzene rings is 2. The molecule has 0 aliphatic heterocycles. The fourth-order valence-corrected chi connectivity index (χ4v) is 2.97. The first-order valence-corrected chi connectivity index (χ1v) is 9.36. The predicted molar refractivity (Wildman–Crippen MR) is 107 cm³/mol. The van der Waals surface area contributed by atoms with Crippen molar-refractivity contribution in [3.05, 3.63) is 77.2 Å². The maximum absolute atomic E-state index is 12.3. The lowest BCUT2D eigenvalue weighted by Gasteiger charge is -2.31. The first-order chi connectivity index (χ1) is 14.4. The quantitative estimate of drug-likeness (QED) is 0.331. The van der Waals surface area contributed by atoms with E-state index in [9.17, 15) is 9.90 Å². The van der Waals surface area contributed by atoms with Gasteiger partial charge in [-0.2, -0.15) is 0 Å². The molecule has 0 saturated heterocycles. The van der Waals surface area contributed by atoms with Gasteiger partial charge in [-0.05, 0) is 30.5 Å². The fourth-order valence-electron chi connectivity index (χ4n) is 2.97. The summed E-state index contributed by atoms with van der Waals surface area (Å²) >= 11 is 0. The summed E-state index contributed by atoms with van der Waals surface area (Å²) in [5.74, 6) is -0.817. The second kappa shape index (κ2) is 9.19. The Morgan fingerprint density at radius 1 is 1.17 bits per heavy atom. The van der Waals surface area contributed by atoms with Crippen LogP contribution >= 0.6 is 0 Å². The van der Waals surface area contributed by atoms with E-state index in [0.717, 1.165) is 16.7 Å². The zero-order valence-electron chi connectivity index (χ0n) is 16.7. The highest BCUT2D eigenvalue weighted by Gasteiger charge is 2.44. The van der Waals surface area contributed by atoms with Crippen LogP contribution in [0.3, 0.4) is 0 Å². The van der Waals surface area contributed by atoms with Gasteiger partial charge in [0, 0.05) is 6.07 Å². The Morgan fingerprint density at radius 2 is 1.77 bits per heavy atom. The Hall–Kier alpha value is -3.04. The van der Waals surface area contributed by atoms with E-state index in [1.165, 1.54) is 24.0 Å². The van der Waals surface area contributed by atoms with Crippen molar-refractivity contribution in [1.29, 1.82) is 0 Å². The van der Waals surface area contributed by atoms with E-state index in [2.05, 4.69) is 5.16 Å². The number of aryl methyl sites for hydroxylation is 1. The fraction of sp³-hybridized carbons (Fsp3) is 0.273. The van der Waals surface area contributed by atoms with Crippen molar-refractivity contribution in [1.82, 2.24) is 10.6 Å². The van der Waals surface area contributed by atoms with Crippen LogP contribution in [-0.2, 0) is 22.7 Å². The molecule has 0 unspecified atom stereocenters. The second-order valence-corrected chi connectivity index (χ2v) is 7.18. The molecule has 4 N–H and O–H groups in total. The Kier molecular flexibility index (Phi) is 6.63. The van der Waals surface area contributed by atoms with Gasteiger partial charge in [-0.1, -0.05) is 59.3 Å². The van der Waals surface area contributed by atoms with Gasteiger partial charge < -0.3 is 19.5 Å². The van der Waals surface area contributed by atoms with Gasteiger partial charge in [-0.15, -0.1) is 0 Å². The molecule has 0 fully saturated rings. The smallest absolute Gasteiger partial charge is 0.278 e. The average Bonchev–Trinajstić information content (AvgIpc) is 3.26. The third-order valence-electron chi connectivity index (χ3n) is 4.96. The zero-order chi connectivity index (χ0) is 21.7. The minimum absolute atomic E-state index is 0.000121. The van der Waals surface area contributed by atoms with Crippen LogP contribution in [0, 0.1) is 6.92 Å². The molecular formula is C22H24N2O6.